The van der Waals surface area contributed by atoms with Gasteiger partial charge in [-0.05, 0) is 53.9 Å². The summed E-state index contributed by atoms with van der Waals surface area (Å²) in [5.41, 5.74) is 5.88. The molecule has 0 aromatic heterocycles. The summed E-state index contributed by atoms with van der Waals surface area (Å²) in [4.78, 5) is 14.5. The molecule has 0 bridgehead atoms. The number of carbonyl (C=O) groups excluding carboxylic acids is 1. The number of Topliss-reactive ketones (excluding diaryl/α,β-unsaturated/α-hetero) is 1. The molecule has 2 aromatic carbocycles. The zero-order valence-electron chi connectivity index (χ0n) is 14.2. The lowest BCUT2D eigenvalue weighted by atomic mass is 9.88. The van der Waals surface area contributed by atoms with Gasteiger partial charge < -0.3 is 0 Å². The second-order valence-electron chi connectivity index (χ2n) is 7.37. The van der Waals surface area contributed by atoms with Gasteiger partial charge in [-0.3, -0.25) is 9.69 Å². The number of carbonyl (C=O) groups is 1. The van der Waals surface area contributed by atoms with Crippen LogP contribution in [0.25, 0.3) is 0 Å². The monoisotopic (exact) mass is 319 g/mol. The van der Waals surface area contributed by atoms with Crippen molar-refractivity contribution in [1.29, 1.82) is 0 Å². The van der Waals surface area contributed by atoms with Crippen molar-refractivity contribution in [2.24, 2.45) is 5.92 Å². The van der Waals surface area contributed by atoms with Crippen LogP contribution in [0.5, 0.6) is 0 Å². The number of nitrogens with zero attached hydrogens (tertiary/aromatic N) is 1. The molecule has 2 aromatic rings. The molecule has 2 heteroatoms. The number of ketones is 1. The van der Waals surface area contributed by atoms with Crippen LogP contribution in [0.15, 0.2) is 48.5 Å². The van der Waals surface area contributed by atoms with E-state index >= 15 is 0 Å². The first kappa shape index (κ1) is 15.6. The fraction of sp³-hybridized carbons (Fsp3) is 0.409. The predicted octanol–water partition coefficient (Wildman–Crippen LogP) is 3.46. The Kier molecular flexibility index (Phi) is 4.48. The third kappa shape index (κ3) is 3.44. The third-order valence-corrected chi connectivity index (χ3v) is 5.43. The summed E-state index contributed by atoms with van der Waals surface area (Å²) < 4.78 is 0. The quantitative estimate of drug-likeness (QED) is 0.813. The minimum atomic E-state index is 0.334. The van der Waals surface area contributed by atoms with E-state index in [-0.39, 0.29) is 0 Å². The molecule has 0 saturated carbocycles. The van der Waals surface area contributed by atoms with Gasteiger partial charge in [0.25, 0.3) is 0 Å². The normalized spacial score (nSPS) is 17.5. The van der Waals surface area contributed by atoms with Gasteiger partial charge in [0, 0.05) is 19.5 Å². The topological polar surface area (TPSA) is 20.3 Å². The summed E-state index contributed by atoms with van der Waals surface area (Å²) in [5, 5.41) is 0. The average molecular weight is 319 g/mol. The smallest absolute Gasteiger partial charge is 0.151 e. The number of fused-ring (bicyclic) bond motifs is 1. The van der Waals surface area contributed by atoms with Gasteiger partial charge in [-0.1, -0.05) is 48.5 Å². The highest BCUT2D eigenvalue weighted by Gasteiger charge is 2.29. The molecule has 1 heterocycles. The molecule has 1 fully saturated rings. The van der Waals surface area contributed by atoms with Crippen LogP contribution in [0.2, 0.25) is 0 Å². The largest absolute Gasteiger partial charge is 0.298 e. The molecule has 0 amide bonds. The molecule has 0 radical (unpaired) electrons. The molecular formula is C22H25NO. The van der Waals surface area contributed by atoms with Gasteiger partial charge >= 0.3 is 0 Å². The Balaban J connectivity index is 1.25. The Labute approximate surface area is 144 Å². The zero-order chi connectivity index (χ0) is 16.4. The van der Waals surface area contributed by atoms with Gasteiger partial charge in [-0.15, -0.1) is 0 Å². The summed E-state index contributed by atoms with van der Waals surface area (Å²) in [6.45, 7) is 2.76. The van der Waals surface area contributed by atoms with Crippen LogP contribution < -0.4 is 0 Å². The maximum atomic E-state index is 12.2. The lowest BCUT2D eigenvalue weighted by molar-refractivity contribution is -0.121. The zero-order valence-corrected chi connectivity index (χ0v) is 14.2. The van der Waals surface area contributed by atoms with E-state index in [1.165, 1.54) is 25.7 Å². The number of likely N-dealkylation sites (tertiary alicyclic amines) is 1. The predicted molar refractivity (Wildman–Crippen MR) is 97.3 cm³/mol. The SMILES string of the molecule is O=C(Cc1ccccc1)CN1CC(Cc2cccc3c2CCC3)C1. The van der Waals surface area contributed by atoms with Crippen LogP contribution in [0.4, 0.5) is 0 Å². The van der Waals surface area contributed by atoms with Crippen LogP contribution in [0, 0.1) is 5.92 Å². The van der Waals surface area contributed by atoms with Gasteiger partial charge in [-0.2, -0.15) is 0 Å². The number of hydrogen-bond donors (Lipinski definition) is 0. The molecule has 124 valence electrons. The summed E-state index contributed by atoms with van der Waals surface area (Å²) in [6, 6.07) is 16.9. The van der Waals surface area contributed by atoms with Crippen LogP contribution in [0.1, 0.15) is 28.7 Å². The molecule has 1 aliphatic carbocycles. The molecule has 2 aliphatic rings. The van der Waals surface area contributed by atoms with Gasteiger partial charge in [0.05, 0.1) is 6.54 Å². The standard InChI is InChI=1S/C22H25NO/c24-21(13-17-6-2-1-3-7-17)16-23-14-18(15-23)12-20-10-4-8-19-9-5-11-22(19)20/h1-4,6-8,10,18H,5,9,11-16H2. The number of aryl methyl sites for hydroxylation is 1. The molecule has 1 aliphatic heterocycles. The molecule has 2 nitrogen and oxygen atoms in total. The van der Waals surface area contributed by atoms with E-state index in [9.17, 15) is 4.79 Å². The fourth-order valence-corrected chi connectivity index (χ4v) is 4.26. The van der Waals surface area contributed by atoms with E-state index in [1.54, 1.807) is 16.7 Å². The van der Waals surface area contributed by atoms with Crippen LogP contribution in [0.3, 0.4) is 0 Å². The Morgan fingerprint density at radius 1 is 1.00 bits per heavy atom. The van der Waals surface area contributed by atoms with Crippen molar-refractivity contribution in [2.75, 3.05) is 19.6 Å². The number of hydrogen-bond acceptors (Lipinski definition) is 2. The van der Waals surface area contributed by atoms with Gasteiger partial charge in [0.15, 0.2) is 5.78 Å². The minimum Gasteiger partial charge on any atom is -0.298 e. The molecule has 1 saturated heterocycles. The Morgan fingerprint density at radius 2 is 1.83 bits per heavy atom. The molecule has 0 atom stereocenters. The Hall–Kier alpha value is -1.93. The summed E-state index contributed by atoms with van der Waals surface area (Å²) in [7, 11) is 0. The molecule has 4 rings (SSSR count). The van der Waals surface area contributed by atoms with Crippen LogP contribution >= 0.6 is 0 Å². The van der Waals surface area contributed by atoms with Crippen LogP contribution in [-0.4, -0.2) is 30.3 Å². The molecule has 0 spiro atoms. The maximum Gasteiger partial charge on any atom is 0.151 e. The van der Waals surface area contributed by atoms with Crippen LogP contribution in [-0.2, 0) is 30.5 Å². The molecular weight excluding hydrogens is 294 g/mol. The fourth-order valence-electron chi connectivity index (χ4n) is 4.26. The first-order chi connectivity index (χ1) is 11.8. The van der Waals surface area contributed by atoms with Crippen molar-refractivity contribution < 1.29 is 4.79 Å². The molecule has 24 heavy (non-hydrogen) atoms. The van der Waals surface area contributed by atoms with Crippen molar-refractivity contribution in [1.82, 2.24) is 4.90 Å². The second-order valence-corrected chi connectivity index (χ2v) is 7.37. The van der Waals surface area contributed by atoms with Crippen molar-refractivity contribution in [3.8, 4) is 0 Å². The first-order valence-corrected chi connectivity index (χ1v) is 9.15. The number of rotatable bonds is 6. The van der Waals surface area contributed by atoms with E-state index in [0.717, 1.165) is 24.6 Å². The van der Waals surface area contributed by atoms with Crippen molar-refractivity contribution in [2.45, 2.75) is 32.1 Å². The van der Waals surface area contributed by atoms with Gasteiger partial charge in [0.1, 0.15) is 0 Å². The lowest BCUT2D eigenvalue weighted by Gasteiger charge is -2.39. The number of benzene rings is 2. The summed E-state index contributed by atoms with van der Waals surface area (Å²) in [5.74, 6) is 1.06. The van der Waals surface area contributed by atoms with E-state index in [2.05, 4.69) is 23.1 Å². The Morgan fingerprint density at radius 3 is 2.67 bits per heavy atom. The Bertz CT molecular complexity index is 716. The van der Waals surface area contributed by atoms with E-state index in [1.807, 2.05) is 30.3 Å². The third-order valence-electron chi connectivity index (χ3n) is 5.43. The van der Waals surface area contributed by atoms with Crippen molar-refractivity contribution in [3.63, 3.8) is 0 Å². The average Bonchev–Trinajstić information content (AvgIpc) is 3.03. The van der Waals surface area contributed by atoms with Gasteiger partial charge in [0.2, 0.25) is 0 Å². The molecule has 0 N–H and O–H groups in total. The highest BCUT2D eigenvalue weighted by molar-refractivity contribution is 5.82. The summed E-state index contributed by atoms with van der Waals surface area (Å²) in [6.07, 6.45) is 5.59. The molecule has 0 unspecified atom stereocenters. The lowest BCUT2D eigenvalue weighted by Crippen LogP contribution is -2.49. The minimum absolute atomic E-state index is 0.334. The van der Waals surface area contributed by atoms with E-state index in [4.69, 9.17) is 0 Å². The van der Waals surface area contributed by atoms with Crippen molar-refractivity contribution >= 4 is 5.78 Å². The van der Waals surface area contributed by atoms with E-state index < -0.39 is 0 Å². The first-order valence-electron chi connectivity index (χ1n) is 9.15. The summed E-state index contributed by atoms with van der Waals surface area (Å²) >= 11 is 0. The second kappa shape index (κ2) is 6.90. The van der Waals surface area contributed by atoms with E-state index in [0.29, 0.717) is 18.7 Å². The van der Waals surface area contributed by atoms with Crippen molar-refractivity contribution in [3.05, 3.63) is 70.8 Å². The highest BCUT2D eigenvalue weighted by Crippen LogP contribution is 2.29. The van der Waals surface area contributed by atoms with Gasteiger partial charge in [-0.25, -0.2) is 0 Å². The maximum absolute atomic E-state index is 12.2. The highest BCUT2D eigenvalue weighted by atomic mass is 16.1.